The highest BCUT2D eigenvalue weighted by Crippen LogP contribution is 2.25. The van der Waals surface area contributed by atoms with Crippen LogP contribution in [0.15, 0.2) is 0 Å². The second-order valence-corrected chi connectivity index (χ2v) is 5.63. The molecule has 1 heterocycles. The van der Waals surface area contributed by atoms with Crippen LogP contribution >= 0.6 is 0 Å². The molecule has 0 aromatic rings. The summed E-state index contributed by atoms with van der Waals surface area (Å²) in [4.78, 5) is 14.3. The minimum absolute atomic E-state index is 0.0866. The van der Waals surface area contributed by atoms with Crippen LogP contribution in [0.25, 0.3) is 0 Å². The third-order valence-electron chi connectivity index (χ3n) is 4.10. The summed E-state index contributed by atoms with van der Waals surface area (Å²) in [5.41, 5.74) is 0. The van der Waals surface area contributed by atoms with Crippen LogP contribution in [0, 0.1) is 5.92 Å². The number of hydrogen-bond acceptors (Lipinski definition) is 3. The molecule has 4 unspecified atom stereocenters. The number of likely N-dealkylation sites (tertiary alicyclic amines) is 1. The molecule has 18 heavy (non-hydrogen) atoms. The van der Waals surface area contributed by atoms with Crippen molar-refractivity contribution in [2.45, 2.75) is 65.1 Å². The van der Waals surface area contributed by atoms with Crippen molar-refractivity contribution < 1.29 is 9.90 Å². The van der Waals surface area contributed by atoms with E-state index in [4.69, 9.17) is 0 Å². The average molecular weight is 256 g/mol. The van der Waals surface area contributed by atoms with E-state index >= 15 is 0 Å². The minimum Gasteiger partial charge on any atom is -0.395 e. The molecule has 0 bridgehead atoms. The Kier molecular flexibility index (Phi) is 6.09. The normalized spacial score (nSPS) is 28.1. The maximum absolute atomic E-state index is 12.1. The number of carbonyl (C=O) groups excluding carboxylic acids is 1. The SMILES string of the molecule is CCCC(C)NC(=O)C(C)N1CCC(C)C1CO. The van der Waals surface area contributed by atoms with Crippen LogP contribution in [-0.2, 0) is 4.79 Å². The molecule has 0 aliphatic carbocycles. The van der Waals surface area contributed by atoms with Crippen LogP contribution in [0.2, 0.25) is 0 Å². The Bertz CT molecular complexity index is 271. The molecule has 0 aromatic heterocycles. The first-order valence-electron chi connectivity index (χ1n) is 7.18. The fraction of sp³-hybridized carbons (Fsp3) is 0.929. The molecule has 106 valence electrons. The molecule has 1 rings (SSSR count). The third-order valence-corrected chi connectivity index (χ3v) is 4.10. The molecular formula is C14H28N2O2. The van der Waals surface area contributed by atoms with E-state index in [0.29, 0.717) is 5.92 Å². The molecule has 1 amide bonds. The third kappa shape index (κ3) is 3.69. The first kappa shape index (κ1) is 15.4. The average Bonchev–Trinajstić information content (AvgIpc) is 2.69. The highest BCUT2D eigenvalue weighted by Gasteiger charge is 2.36. The summed E-state index contributed by atoms with van der Waals surface area (Å²) >= 11 is 0. The second kappa shape index (κ2) is 7.10. The topological polar surface area (TPSA) is 52.6 Å². The summed E-state index contributed by atoms with van der Waals surface area (Å²) in [5.74, 6) is 0.557. The maximum atomic E-state index is 12.1. The number of aliphatic hydroxyl groups excluding tert-OH is 1. The van der Waals surface area contributed by atoms with Crippen LogP contribution in [0.1, 0.15) is 47.0 Å². The van der Waals surface area contributed by atoms with E-state index in [-0.39, 0.29) is 30.6 Å². The van der Waals surface area contributed by atoms with Gasteiger partial charge in [0.25, 0.3) is 0 Å². The lowest BCUT2D eigenvalue weighted by Gasteiger charge is -2.31. The molecule has 2 N–H and O–H groups in total. The predicted octanol–water partition coefficient (Wildman–Crippen LogP) is 1.38. The number of nitrogens with one attached hydrogen (secondary N) is 1. The van der Waals surface area contributed by atoms with Gasteiger partial charge in [-0.2, -0.15) is 0 Å². The number of hydrogen-bond donors (Lipinski definition) is 2. The monoisotopic (exact) mass is 256 g/mol. The van der Waals surface area contributed by atoms with Crippen molar-refractivity contribution in [3.8, 4) is 0 Å². The van der Waals surface area contributed by atoms with Gasteiger partial charge in [0.05, 0.1) is 12.6 Å². The summed E-state index contributed by atoms with van der Waals surface area (Å²) in [6.45, 7) is 9.30. The lowest BCUT2D eigenvalue weighted by molar-refractivity contribution is -0.127. The van der Waals surface area contributed by atoms with E-state index in [2.05, 4.69) is 24.1 Å². The number of carbonyl (C=O) groups is 1. The quantitative estimate of drug-likeness (QED) is 0.755. The molecular weight excluding hydrogens is 228 g/mol. The Morgan fingerprint density at radius 2 is 2.17 bits per heavy atom. The fourth-order valence-corrected chi connectivity index (χ4v) is 2.82. The van der Waals surface area contributed by atoms with Gasteiger partial charge in [0.1, 0.15) is 0 Å². The zero-order chi connectivity index (χ0) is 13.7. The van der Waals surface area contributed by atoms with E-state index in [1.165, 1.54) is 0 Å². The van der Waals surface area contributed by atoms with Crippen LogP contribution < -0.4 is 5.32 Å². The highest BCUT2D eigenvalue weighted by molar-refractivity contribution is 5.81. The number of rotatable bonds is 6. The lowest BCUT2D eigenvalue weighted by Crippen LogP contribution is -2.50. The van der Waals surface area contributed by atoms with Crippen molar-refractivity contribution in [1.82, 2.24) is 10.2 Å². The van der Waals surface area contributed by atoms with E-state index in [9.17, 15) is 9.90 Å². The molecule has 0 aromatic carbocycles. The van der Waals surface area contributed by atoms with Crippen molar-refractivity contribution in [2.75, 3.05) is 13.2 Å². The number of aliphatic hydroxyl groups is 1. The zero-order valence-electron chi connectivity index (χ0n) is 12.1. The Morgan fingerprint density at radius 1 is 1.50 bits per heavy atom. The highest BCUT2D eigenvalue weighted by atomic mass is 16.3. The minimum atomic E-state index is -0.147. The first-order chi connectivity index (χ1) is 8.51. The number of amides is 1. The Hall–Kier alpha value is -0.610. The van der Waals surface area contributed by atoms with Crippen molar-refractivity contribution in [2.24, 2.45) is 5.92 Å². The summed E-state index contributed by atoms with van der Waals surface area (Å²) in [6.07, 6.45) is 3.15. The van der Waals surface area contributed by atoms with Crippen LogP contribution in [-0.4, -0.2) is 47.2 Å². The summed E-state index contributed by atoms with van der Waals surface area (Å²) in [7, 11) is 0. The molecule has 4 heteroatoms. The molecule has 1 aliphatic rings. The predicted molar refractivity (Wildman–Crippen MR) is 73.3 cm³/mol. The molecule has 0 saturated carbocycles. The van der Waals surface area contributed by atoms with Gasteiger partial charge in [-0.15, -0.1) is 0 Å². The Labute approximate surface area is 111 Å². The van der Waals surface area contributed by atoms with Gasteiger partial charge in [0, 0.05) is 12.1 Å². The summed E-state index contributed by atoms with van der Waals surface area (Å²) < 4.78 is 0. The molecule has 1 aliphatic heterocycles. The molecule has 1 saturated heterocycles. The smallest absolute Gasteiger partial charge is 0.237 e. The van der Waals surface area contributed by atoms with Gasteiger partial charge in [0.2, 0.25) is 5.91 Å². The van der Waals surface area contributed by atoms with Crippen molar-refractivity contribution in [3.05, 3.63) is 0 Å². The largest absolute Gasteiger partial charge is 0.395 e. The van der Waals surface area contributed by atoms with Crippen LogP contribution in [0.3, 0.4) is 0 Å². The van der Waals surface area contributed by atoms with Gasteiger partial charge in [-0.3, -0.25) is 9.69 Å². The van der Waals surface area contributed by atoms with Gasteiger partial charge in [-0.05, 0) is 39.2 Å². The van der Waals surface area contributed by atoms with E-state index in [0.717, 1.165) is 25.8 Å². The molecule has 1 fully saturated rings. The first-order valence-corrected chi connectivity index (χ1v) is 7.18. The van der Waals surface area contributed by atoms with Gasteiger partial charge in [-0.1, -0.05) is 20.3 Å². The van der Waals surface area contributed by atoms with E-state index < -0.39 is 0 Å². The van der Waals surface area contributed by atoms with E-state index in [1.54, 1.807) is 0 Å². The zero-order valence-corrected chi connectivity index (χ0v) is 12.1. The lowest BCUT2D eigenvalue weighted by atomic mass is 10.0. The molecule has 4 nitrogen and oxygen atoms in total. The van der Waals surface area contributed by atoms with E-state index in [1.807, 2.05) is 13.8 Å². The van der Waals surface area contributed by atoms with Crippen molar-refractivity contribution in [1.29, 1.82) is 0 Å². The summed E-state index contributed by atoms with van der Waals surface area (Å²) in [5, 5.41) is 12.5. The summed E-state index contributed by atoms with van der Waals surface area (Å²) in [6, 6.07) is 0.219. The second-order valence-electron chi connectivity index (χ2n) is 5.63. The van der Waals surface area contributed by atoms with Gasteiger partial charge in [-0.25, -0.2) is 0 Å². The molecule has 4 atom stereocenters. The van der Waals surface area contributed by atoms with Crippen molar-refractivity contribution >= 4 is 5.91 Å². The standard InChI is InChI=1S/C14H28N2O2/c1-5-6-11(3)15-14(18)12(4)16-8-7-10(2)13(16)9-17/h10-13,17H,5-9H2,1-4H3,(H,15,18). The number of nitrogens with zero attached hydrogens (tertiary/aromatic N) is 1. The van der Waals surface area contributed by atoms with Crippen molar-refractivity contribution in [3.63, 3.8) is 0 Å². The maximum Gasteiger partial charge on any atom is 0.237 e. The Balaban J connectivity index is 2.53. The van der Waals surface area contributed by atoms with Crippen LogP contribution in [0.5, 0.6) is 0 Å². The fourth-order valence-electron chi connectivity index (χ4n) is 2.82. The van der Waals surface area contributed by atoms with Gasteiger partial charge >= 0.3 is 0 Å². The molecule has 0 spiro atoms. The van der Waals surface area contributed by atoms with Gasteiger partial charge in [0.15, 0.2) is 0 Å². The Morgan fingerprint density at radius 3 is 2.72 bits per heavy atom. The molecule has 0 radical (unpaired) electrons. The van der Waals surface area contributed by atoms with Gasteiger partial charge < -0.3 is 10.4 Å². The van der Waals surface area contributed by atoms with Crippen LogP contribution in [0.4, 0.5) is 0 Å².